The number of amides is 1. The van der Waals surface area contributed by atoms with Gasteiger partial charge in [-0.2, -0.15) is 0 Å². The molecule has 0 unspecified atom stereocenters. The van der Waals surface area contributed by atoms with Crippen LogP contribution in [-0.4, -0.2) is 29.1 Å². The average molecular weight is 244 g/mol. The van der Waals surface area contributed by atoms with E-state index in [4.69, 9.17) is 9.25 Å². The van der Waals surface area contributed by atoms with Crippen molar-refractivity contribution < 1.29 is 14.0 Å². The summed E-state index contributed by atoms with van der Waals surface area (Å²) in [6.45, 7) is 1.24. The van der Waals surface area contributed by atoms with E-state index >= 15 is 0 Å². The zero-order valence-electron chi connectivity index (χ0n) is 9.70. The molecule has 2 aromatic rings. The van der Waals surface area contributed by atoms with Gasteiger partial charge in [-0.15, -0.1) is 0 Å². The molecule has 1 aliphatic rings. The second kappa shape index (κ2) is 4.62. The topological polar surface area (TPSA) is 55.6 Å². The summed E-state index contributed by atoms with van der Waals surface area (Å²) < 4.78 is 5.47. The number of hydrogen-bond acceptors (Lipinski definition) is 4. The third-order valence-electron chi connectivity index (χ3n) is 2.68. The maximum atomic E-state index is 11.7. The van der Waals surface area contributed by atoms with Gasteiger partial charge in [0.25, 0.3) is 5.91 Å². The zero-order chi connectivity index (χ0) is 12.4. The summed E-state index contributed by atoms with van der Waals surface area (Å²) in [7, 11) is 0. The summed E-state index contributed by atoms with van der Waals surface area (Å²) in [5.41, 5.74) is 1.49. The molecule has 1 aromatic heterocycles. The van der Waals surface area contributed by atoms with Crippen molar-refractivity contribution >= 4 is 23.1 Å². The lowest BCUT2D eigenvalue weighted by atomic mass is 10.3. The minimum absolute atomic E-state index is 0.185. The van der Waals surface area contributed by atoms with E-state index in [0.717, 1.165) is 11.9 Å². The Morgan fingerprint density at radius 1 is 1.39 bits per heavy atom. The Labute approximate surface area is 104 Å². The van der Waals surface area contributed by atoms with Crippen LogP contribution in [0.4, 0.5) is 0 Å². The normalized spacial score (nSPS) is 15.9. The van der Waals surface area contributed by atoms with Crippen LogP contribution in [0.1, 0.15) is 12.3 Å². The lowest BCUT2D eigenvalue weighted by molar-refractivity contribution is -0.162. The van der Waals surface area contributed by atoms with E-state index < -0.39 is 0 Å². The first-order valence-electron chi connectivity index (χ1n) is 5.81. The molecular formula is C13H12N2O3. The van der Waals surface area contributed by atoms with Gasteiger partial charge in [0.05, 0.1) is 13.2 Å². The van der Waals surface area contributed by atoms with Crippen molar-refractivity contribution in [1.29, 1.82) is 0 Å². The van der Waals surface area contributed by atoms with E-state index in [1.807, 2.05) is 24.3 Å². The smallest absolute Gasteiger partial charge is 0.270 e. The number of aromatic nitrogens is 1. The molecule has 2 heterocycles. The highest BCUT2D eigenvalue weighted by Crippen LogP contribution is 2.15. The van der Waals surface area contributed by atoms with E-state index in [0.29, 0.717) is 24.6 Å². The fraction of sp³-hybridized carbons (Fsp3) is 0.231. The van der Waals surface area contributed by atoms with Gasteiger partial charge in [-0.05, 0) is 18.6 Å². The molecule has 0 N–H and O–H groups in total. The highest BCUT2D eigenvalue weighted by Gasteiger charge is 2.16. The van der Waals surface area contributed by atoms with Gasteiger partial charge in [-0.1, -0.05) is 12.1 Å². The SMILES string of the molecule is O=C(/C=C/c1nc2ccccc2o1)N1CCCO1. The summed E-state index contributed by atoms with van der Waals surface area (Å²) in [5, 5.41) is 1.35. The Balaban J connectivity index is 1.76. The Hall–Kier alpha value is -2.14. The van der Waals surface area contributed by atoms with Crippen molar-refractivity contribution in [1.82, 2.24) is 10.0 Å². The molecule has 1 fully saturated rings. The highest BCUT2D eigenvalue weighted by molar-refractivity contribution is 5.91. The monoisotopic (exact) mass is 244 g/mol. The van der Waals surface area contributed by atoms with Gasteiger partial charge in [0.15, 0.2) is 5.58 Å². The lowest BCUT2D eigenvalue weighted by Gasteiger charge is -2.09. The maximum Gasteiger partial charge on any atom is 0.270 e. The van der Waals surface area contributed by atoms with Gasteiger partial charge >= 0.3 is 0 Å². The predicted molar refractivity (Wildman–Crippen MR) is 65.3 cm³/mol. The summed E-state index contributed by atoms with van der Waals surface area (Å²) in [4.78, 5) is 21.1. The van der Waals surface area contributed by atoms with Crippen LogP contribution < -0.4 is 0 Å². The van der Waals surface area contributed by atoms with Crippen molar-refractivity contribution in [3.63, 3.8) is 0 Å². The maximum absolute atomic E-state index is 11.7. The summed E-state index contributed by atoms with van der Waals surface area (Å²) in [6.07, 6.45) is 3.85. The molecule has 18 heavy (non-hydrogen) atoms. The molecule has 0 aliphatic carbocycles. The van der Waals surface area contributed by atoms with E-state index in [2.05, 4.69) is 4.98 Å². The fourth-order valence-corrected chi connectivity index (χ4v) is 1.81. The molecule has 92 valence electrons. The molecular weight excluding hydrogens is 232 g/mol. The van der Waals surface area contributed by atoms with Crippen LogP contribution in [0.3, 0.4) is 0 Å². The molecule has 1 aliphatic heterocycles. The molecule has 0 atom stereocenters. The van der Waals surface area contributed by atoms with E-state index in [-0.39, 0.29) is 5.91 Å². The molecule has 1 saturated heterocycles. The van der Waals surface area contributed by atoms with Gasteiger partial charge in [0, 0.05) is 12.2 Å². The van der Waals surface area contributed by atoms with Gasteiger partial charge in [-0.3, -0.25) is 9.63 Å². The Morgan fingerprint density at radius 2 is 2.28 bits per heavy atom. The molecule has 1 amide bonds. The van der Waals surface area contributed by atoms with Gasteiger partial charge in [0.1, 0.15) is 5.52 Å². The van der Waals surface area contributed by atoms with Crippen molar-refractivity contribution in [3.8, 4) is 0 Å². The van der Waals surface area contributed by atoms with Crippen LogP contribution in [0, 0.1) is 0 Å². The quantitative estimate of drug-likeness (QED) is 0.758. The third kappa shape index (κ3) is 2.12. The number of carbonyl (C=O) groups is 1. The van der Waals surface area contributed by atoms with Gasteiger partial charge < -0.3 is 4.42 Å². The average Bonchev–Trinajstić information content (AvgIpc) is 3.04. The molecule has 1 aromatic carbocycles. The van der Waals surface area contributed by atoms with Crippen LogP contribution in [-0.2, 0) is 9.63 Å². The van der Waals surface area contributed by atoms with Crippen LogP contribution in [0.5, 0.6) is 0 Å². The number of carbonyl (C=O) groups excluding carboxylic acids is 1. The van der Waals surface area contributed by atoms with Crippen LogP contribution in [0.25, 0.3) is 17.2 Å². The molecule has 5 heteroatoms. The first-order valence-corrected chi connectivity index (χ1v) is 5.81. The minimum atomic E-state index is -0.185. The summed E-state index contributed by atoms with van der Waals surface area (Å²) in [5.74, 6) is 0.235. The van der Waals surface area contributed by atoms with Crippen LogP contribution >= 0.6 is 0 Å². The Bertz CT molecular complexity index is 564. The highest BCUT2D eigenvalue weighted by atomic mass is 16.7. The molecule has 0 bridgehead atoms. The van der Waals surface area contributed by atoms with Gasteiger partial charge in [-0.25, -0.2) is 10.0 Å². The number of hydroxylamine groups is 2. The van der Waals surface area contributed by atoms with Gasteiger partial charge in [0.2, 0.25) is 5.89 Å². The van der Waals surface area contributed by atoms with E-state index in [1.54, 1.807) is 6.08 Å². The number of oxazole rings is 1. The number of nitrogens with zero attached hydrogens (tertiary/aromatic N) is 2. The summed E-state index contributed by atoms with van der Waals surface area (Å²) >= 11 is 0. The Morgan fingerprint density at radius 3 is 3.06 bits per heavy atom. The van der Waals surface area contributed by atoms with E-state index in [9.17, 15) is 4.79 Å². The van der Waals surface area contributed by atoms with Crippen molar-refractivity contribution in [2.45, 2.75) is 6.42 Å². The standard InChI is InChI=1S/C13H12N2O3/c16-13(15-8-3-9-17-15)7-6-12-14-10-4-1-2-5-11(10)18-12/h1-2,4-7H,3,8-9H2/b7-6+. The molecule has 0 radical (unpaired) electrons. The lowest BCUT2D eigenvalue weighted by Crippen LogP contribution is -2.24. The van der Waals surface area contributed by atoms with Crippen molar-refractivity contribution in [2.75, 3.05) is 13.2 Å². The molecule has 0 spiro atoms. The van der Waals surface area contributed by atoms with Crippen LogP contribution in [0.15, 0.2) is 34.8 Å². The number of fused-ring (bicyclic) bond motifs is 1. The van der Waals surface area contributed by atoms with E-state index in [1.165, 1.54) is 11.1 Å². The minimum Gasteiger partial charge on any atom is -0.437 e. The largest absolute Gasteiger partial charge is 0.437 e. The first-order chi connectivity index (χ1) is 8.83. The third-order valence-corrected chi connectivity index (χ3v) is 2.68. The molecule has 5 nitrogen and oxygen atoms in total. The summed E-state index contributed by atoms with van der Waals surface area (Å²) in [6, 6.07) is 7.47. The number of rotatable bonds is 2. The van der Waals surface area contributed by atoms with Crippen molar-refractivity contribution in [2.24, 2.45) is 0 Å². The molecule has 0 saturated carbocycles. The number of hydrogen-bond donors (Lipinski definition) is 0. The Kier molecular flexibility index (Phi) is 2.82. The molecule has 3 rings (SSSR count). The number of benzene rings is 1. The second-order valence-electron chi connectivity index (χ2n) is 3.98. The zero-order valence-corrected chi connectivity index (χ0v) is 9.70. The number of para-hydroxylation sites is 2. The second-order valence-corrected chi connectivity index (χ2v) is 3.98. The fourth-order valence-electron chi connectivity index (χ4n) is 1.81. The van der Waals surface area contributed by atoms with Crippen molar-refractivity contribution in [3.05, 3.63) is 36.2 Å². The van der Waals surface area contributed by atoms with Crippen LogP contribution in [0.2, 0.25) is 0 Å². The predicted octanol–water partition coefficient (Wildman–Crippen LogP) is 2.00. The first kappa shape index (κ1) is 11.0.